The van der Waals surface area contributed by atoms with E-state index < -0.39 is 0 Å². The van der Waals surface area contributed by atoms with E-state index >= 15 is 0 Å². The molecule has 0 aromatic rings. The molecule has 2 nitrogen and oxygen atoms in total. The Morgan fingerprint density at radius 3 is 2.50 bits per heavy atom. The van der Waals surface area contributed by atoms with Crippen LogP contribution in [0.1, 0.15) is 33.1 Å². The zero-order valence-corrected chi connectivity index (χ0v) is 8.34. The van der Waals surface area contributed by atoms with Crippen LogP contribution in [0.3, 0.4) is 0 Å². The molecule has 0 spiro atoms. The lowest BCUT2D eigenvalue weighted by molar-refractivity contribution is 0.0295. The van der Waals surface area contributed by atoms with Crippen LogP contribution in [-0.4, -0.2) is 24.9 Å². The number of aliphatic hydroxyl groups is 1. The molecule has 0 aromatic heterocycles. The fourth-order valence-electron chi connectivity index (χ4n) is 1.88. The first-order chi connectivity index (χ1) is 5.62. The molecule has 1 aliphatic carbocycles. The minimum atomic E-state index is 0.107. The van der Waals surface area contributed by atoms with Gasteiger partial charge >= 0.3 is 0 Å². The van der Waals surface area contributed by atoms with Gasteiger partial charge < -0.3 is 9.84 Å². The second-order valence-corrected chi connectivity index (χ2v) is 4.34. The summed E-state index contributed by atoms with van der Waals surface area (Å²) >= 11 is 0. The zero-order valence-electron chi connectivity index (χ0n) is 8.34. The molecule has 2 heteroatoms. The van der Waals surface area contributed by atoms with Gasteiger partial charge in [-0.3, -0.25) is 0 Å². The van der Waals surface area contributed by atoms with Gasteiger partial charge in [-0.15, -0.1) is 0 Å². The molecule has 0 bridgehead atoms. The molecule has 0 radical (unpaired) electrons. The van der Waals surface area contributed by atoms with Gasteiger partial charge in [-0.2, -0.15) is 0 Å². The van der Waals surface area contributed by atoms with Crippen molar-refractivity contribution in [2.45, 2.75) is 39.2 Å². The van der Waals surface area contributed by atoms with Crippen molar-refractivity contribution >= 4 is 0 Å². The van der Waals surface area contributed by atoms with Crippen LogP contribution in [0.2, 0.25) is 0 Å². The van der Waals surface area contributed by atoms with Gasteiger partial charge in [0.2, 0.25) is 0 Å². The molecular weight excluding hydrogens is 152 g/mol. The van der Waals surface area contributed by atoms with Crippen LogP contribution in [0.5, 0.6) is 0 Å². The van der Waals surface area contributed by atoms with Gasteiger partial charge in [-0.05, 0) is 37.5 Å². The summed E-state index contributed by atoms with van der Waals surface area (Å²) in [6.45, 7) is 4.53. The highest BCUT2D eigenvalue weighted by Crippen LogP contribution is 2.47. The van der Waals surface area contributed by atoms with E-state index in [2.05, 4.69) is 13.8 Å². The van der Waals surface area contributed by atoms with Crippen molar-refractivity contribution in [2.24, 2.45) is 11.3 Å². The molecule has 1 saturated carbocycles. The van der Waals surface area contributed by atoms with Gasteiger partial charge in [0, 0.05) is 13.7 Å². The zero-order chi connectivity index (χ0) is 9.19. The Morgan fingerprint density at radius 2 is 2.17 bits per heavy atom. The summed E-state index contributed by atoms with van der Waals surface area (Å²) in [7, 11) is 1.73. The third kappa shape index (κ3) is 2.20. The van der Waals surface area contributed by atoms with Crippen LogP contribution in [0.15, 0.2) is 0 Å². The molecule has 0 saturated heterocycles. The highest BCUT2D eigenvalue weighted by Gasteiger charge is 2.41. The maximum absolute atomic E-state index is 9.28. The van der Waals surface area contributed by atoms with E-state index in [1.165, 1.54) is 12.8 Å². The van der Waals surface area contributed by atoms with E-state index in [-0.39, 0.29) is 11.5 Å². The highest BCUT2D eigenvalue weighted by atomic mass is 16.5. The lowest BCUT2D eigenvalue weighted by Crippen LogP contribution is -2.29. The van der Waals surface area contributed by atoms with Crippen molar-refractivity contribution < 1.29 is 9.84 Å². The predicted molar refractivity (Wildman–Crippen MR) is 49.0 cm³/mol. The Hall–Kier alpha value is -0.0800. The maximum atomic E-state index is 9.28. The molecule has 12 heavy (non-hydrogen) atoms. The number of hydrogen-bond donors (Lipinski definition) is 1. The predicted octanol–water partition coefficient (Wildman–Crippen LogP) is 1.82. The minimum absolute atomic E-state index is 0.107. The SMILES string of the molecule is COC(C)CC(C)(CO)C1CC1. The smallest absolute Gasteiger partial charge is 0.0549 e. The Kier molecular flexibility index (Phi) is 3.13. The molecule has 2 unspecified atom stereocenters. The van der Waals surface area contributed by atoms with E-state index in [4.69, 9.17) is 4.74 Å². The van der Waals surface area contributed by atoms with Crippen LogP contribution in [-0.2, 0) is 4.74 Å². The van der Waals surface area contributed by atoms with Crippen LogP contribution in [0.25, 0.3) is 0 Å². The summed E-state index contributed by atoms with van der Waals surface area (Å²) in [4.78, 5) is 0. The average molecular weight is 172 g/mol. The summed E-state index contributed by atoms with van der Waals surface area (Å²) in [6.07, 6.45) is 3.81. The van der Waals surface area contributed by atoms with E-state index in [9.17, 15) is 5.11 Å². The Bertz CT molecular complexity index is 143. The summed E-state index contributed by atoms with van der Waals surface area (Å²) in [5, 5.41) is 9.28. The van der Waals surface area contributed by atoms with Crippen LogP contribution >= 0.6 is 0 Å². The van der Waals surface area contributed by atoms with E-state index in [0.29, 0.717) is 6.61 Å². The lowest BCUT2D eigenvalue weighted by Gasteiger charge is -2.29. The summed E-state index contributed by atoms with van der Waals surface area (Å²) < 4.78 is 5.21. The number of methoxy groups -OCH3 is 1. The fourth-order valence-corrected chi connectivity index (χ4v) is 1.88. The molecule has 72 valence electrons. The molecule has 0 aliphatic heterocycles. The molecule has 1 N–H and O–H groups in total. The van der Waals surface area contributed by atoms with Gasteiger partial charge in [0.15, 0.2) is 0 Å². The van der Waals surface area contributed by atoms with Crippen molar-refractivity contribution in [3.05, 3.63) is 0 Å². The largest absolute Gasteiger partial charge is 0.396 e. The van der Waals surface area contributed by atoms with Gasteiger partial charge in [0.25, 0.3) is 0 Å². The Balaban J connectivity index is 2.42. The third-order valence-electron chi connectivity index (χ3n) is 3.08. The van der Waals surface area contributed by atoms with Gasteiger partial charge in [0.05, 0.1) is 6.10 Å². The molecule has 0 amide bonds. The molecular formula is C10H20O2. The highest BCUT2D eigenvalue weighted by molar-refractivity contribution is 4.91. The molecule has 1 rings (SSSR count). The Morgan fingerprint density at radius 1 is 1.58 bits per heavy atom. The van der Waals surface area contributed by atoms with E-state index in [1.807, 2.05) is 0 Å². The second kappa shape index (κ2) is 3.75. The Labute approximate surface area is 74.9 Å². The molecule has 0 heterocycles. The molecule has 0 aromatic carbocycles. The monoisotopic (exact) mass is 172 g/mol. The topological polar surface area (TPSA) is 29.5 Å². The average Bonchev–Trinajstić information content (AvgIpc) is 2.86. The van der Waals surface area contributed by atoms with E-state index in [0.717, 1.165) is 12.3 Å². The van der Waals surface area contributed by atoms with Crippen LogP contribution < -0.4 is 0 Å². The maximum Gasteiger partial charge on any atom is 0.0549 e. The van der Waals surface area contributed by atoms with Gasteiger partial charge in [-0.25, -0.2) is 0 Å². The standard InChI is InChI=1S/C10H20O2/c1-8(12-3)6-10(2,7-11)9-4-5-9/h8-9,11H,4-7H2,1-3H3. The van der Waals surface area contributed by atoms with Crippen molar-refractivity contribution in [1.82, 2.24) is 0 Å². The van der Waals surface area contributed by atoms with E-state index in [1.54, 1.807) is 7.11 Å². The van der Waals surface area contributed by atoms with Crippen molar-refractivity contribution in [3.63, 3.8) is 0 Å². The number of hydrogen-bond acceptors (Lipinski definition) is 2. The number of aliphatic hydroxyl groups excluding tert-OH is 1. The quantitative estimate of drug-likeness (QED) is 0.685. The molecule has 1 aliphatic rings. The van der Waals surface area contributed by atoms with Crippen LogP contribution in [0, 0.1) is 11.3 Å². The summed E-state index contributed by atoms with van der Waals surface area (Å²) in [5.74, 6) is 0.736. The first kappa shape index (κ1) is 10.0. The normalized spacial score (nSPS) is 25.0. The summed E-state index contributed by atoms with van der Waals surface area (Å²) in [5.41, 5.74) is 0.107. The van der Waals surface area contributed by atoms with Crippen molar-refractivity contribution in [3.8, 4) is 0 Å². The molecule has 1 fully saturated rings. The third-order valence-corrected chi connectivity index (χ3v) is 3.08. The molecule has 2 atom stereocenters. The van der Waals surface area contributed by atoms with Crippen LogP contribution in [0.4, 0.5) is 0 Å². The summed E-state index contributed by atoms with van der Waals surface area (Å²) in [6, 6.07) is 0. The lowest BCUT2D eigenvalue weighted by atomic mass is 9.80. The van der Waals surface area contributed by atoms with Crippen molar-refractivity contribution in [1.29, 1.82) is 0 Å². The number of rotatable bonds is 5. The van der Waals surface area contributed by atoms with Gasteiger partial charge in [-0.1, -0.05) is 6.92 Å². The number of ether oxygens (including phenoxy) is 1. The first-order valence-corrected chi connectivity index (χ1v) is 4.76. The first-order valence-electron chi connectivity index (χ1n) is 4.76. The van der Waals surface area contributed by atoms with Crippen molar-refractivity contribution in [2.75, 3.05) is 13.7 Å². The fraction of sp³-hybridized carbons (Fsp3) is 1.00. The van der Waals surface area contributed by atoms with Gasteiger partial charge in [0.1, 0.15) is 0 Å². The second-order valence-electron chi connectivity index (χ2n) is 4.34. The minimum Gasteiger partial charge on any atom is -0.396 e.